The van der Waals surface area contributed by atoms with Crippen LogP contribution in [0.1, 0.15) is 132 Å². The molecule has 0 aliphatic carbocycles. The Morgan fingerprint density at radius 3 is 2.15 bits per heavy atom. The van der Waals surface area contributed by atoms with Gasteiger partial charge in [-0.05, 0) is 69.4 Å². The summed E-state index contributed by atoms with van der Waals surface area (Å²) in [6, 6.07) is 14.1. The molecule has 3 atom stereocenters. The minimum absolute atomic E-state index is 0.0811. The summed E-state index contributed by atoms with van der Waals surface area (Å²) in [6.07, 6.45) is 4.70. The van der Waals surface area contributed by atoms with Crippen LogP contribution in [0.3, 0.4) is 0 Å². The number of furan rings is 1. The van der Waals surface area contributed by atoms with Crippen molar-refractivity contribution < 1.29 is 66.5 Å². The third-order valence-corrected chi connectivity index (χ3v) is 10.8. The summed E-state index contributed by atoms with van der Waals surface area (Å²) < 4.78 is 26.8. The number of rotatable bonds is 30. The standard InChI is InChI=1S/C48H66BN5O14/c1-7-11-15-20-34(37(10-4)54(31-55)68-47(62)53-48(5,6)33-18-16-14-17-19-33)43(58)50-30-51-45(60)39-24-23-38(66-39)32-21-22-35(40(27-32)65-29-42(57)63-25-12-8-2)44(59)52-36(28-41(56)67-49)46(61)64-26-13-9-3/h14,16-19,21-24,27,31,34,36-37H,7-13,15,20,25-26,28-30,49H2,1-6H3,(H,50,58)(H,51,60)(H,52,59)(H,53,62)/t34-,36+,37-/m1/s1. The molecule has 0 saturated carbocycles. The fourth-order valence-corrected chi connectivity index (χ4v) is 6.86. The molecule has 4 N–H and O–H groups in total. The highest BCUT2D eigenvalue weighted by Gasteiger charge is 2.35. The number of carbonyl (C=O) groups is 8. The van der Waals surface area contributed by atoms with E-state index < -0.39 is 78.3 Å². The highest BCUT2D eigenvalue weighted by Crippen LogP contribution is 2.30. The number of hydrogen-bond donors (Lipinski definition) is 4. The first-order chi connectivity index (χ1) is 32.6. The van der Waals surface area contributed by atoms with Gasteiger partial charge in [0.25, 0.3) is 17.8 Å². The Balaban J connectivity index is 1.77. The molecule has 5 amide bonds. The first kappa shape index (κ1) is 55.5. The van der Waals surface area contributed by atoms with Crippen LogP contribution in [0.5, 0.6) is 5.75 Å². The molecule has 19 nitrogen and oxygen atoms in total. The summed E-state index contributed by atoms with van der Waals surface area (Å²) in [7, 11) is 1.14. The van der Waals surface area contributed by atoms with Crippen molar-refractivity contribution in [3.8, 4) is 17.1 Å². The highest BCUT2D eigenvalue weighted by molar-refractivity contribution is 6.06. The van der Waals surface area contributed by atoms with Crippen molar-refractivity contribution in [3.63, 3.8) is 0 Å². The minimum Gasteiger partial charge on any atom is -0.543 e. The maximum atomic E-state index is 13.7. The smallest absolute Gasteiger partial charge is 0.432 e. The van der Waals surface area contributed by atoms with Gasteiger partial charge in [-0.15, -0.1) is 0 Å². The lowest BCUT2D eigenvalue weighted by molar-refractivity contribution is -0.169. The van der Waals surface area contributed by atoms with Crippen LogP contribution in [0.25, 0.3) is 11.3 Å². The molecule has 0 aliphatic rings. The summed E-state index contributed by atoms with van der Waals surface area (Å²) in [5.41, 5.74) is 0.194. The number of esters is 2. The molecule has 68 heavy (non-hydrogen) atoms. The molecule has 370 valence electrons. The number of unbranched alkanes of at least 4 members (excludes halogenated alkanes) is 4. The Bertz CT molecular complexity index is 2130. The average Bonchev–Trinajstić information content (AvgIpc) is 3.83. The third kappa shape index (κ3) is 17.7. The topological polar surface area (TPSA) is 247 Å². The monoisotopic (exact) mass is 947 g/mol. The molecular formula is C48H66BN5O14. The third-order valence-electron chi connectivity index (χ3n) is 10.8. The van der Waals surface area contributed by atoms with E-state index in [0.717, 1.165) is 44.4 Å². The van der Waals surface area contributed by atoms with Crippen LogP contribution in [0.2, 0.25) is 0 Å². The van der Waals surface area contributed by atoms with Gasteiger partial charge in [-0.2, -0.15) is 5.06 Å². The van der Waals surface area contributed by atoms with E-state index in [0.29, 0.717) is 37.7 Å². The van der Waals surface area contributed by atoms with Crippen molar-refractivity contribution in [2.75, 3.05) is 26.5 Å². The molecule has 0 unspecified atom stereocenters. The van der Waals surface area contributed by atoms with E-state index in [1.807, 2.05) is 51.1 Å². The molecule has 2 aromatic carbocycles. The predicted molar refractivity (Wildman–Crippen MR) is 251 cm³/mol. The Labute approximate surface area is 398 Å². The maximum Gasteiger partial charge on any atom is 0.432 e. The second-order valence-electron chi connectivity index (χ2n) is 16.3. The van der Waals surface area contributed by atoms with Gasteiger partial charge in [-0.25, -0.2) is 14.4 Å². The van der Waals surface area contributed by atoms with Gasteiger partial charge in [0.1, 0.15) is 17.6 Å². The number of carbonyl (C=O) groups excluding carboxylic acids is 8. The van der Waals surface area contributed by atoms with Crippen LogP contribution in [0.15, 0.2) is 65.1 Å². The fourth-order valence-electron chi connectivity index (χ4n) is 6.86. The molecule has 0 fully saturated rings. The molecule has 3 rings (SSSR count). The van der Waals surface area contributed by atoms with E-state index in [9.17, 15) is 38.4 Å². The fraction of sp³-hybridized carbons (Fsp3) is 0.500. The zero-order chi connectivity index (χ0) is 50.1. The van der Waals surface area contributed by atoms with Crippen molar-refractivity contribution in [3.05, 3.63) is 77.6 Å². The van der Waals surface area contributed by atoms with E-state index >= 15 is 0 Å². The van der Waals surface area contributed by atoms with E-state index in [1.54, 1.807) is 20.8 Å². The number of amides is 5. The van der Waals surface area contributed by atoms with Crippen molar-refractivity contribution in [2.45, 2.75) is 123 Å². The molecule has 0 saturated heterocycles. The molecular weight excluding hydrogens is 881 g/mol. The molecule has 0 spiro atoms. The first-order valence-corrected chi connectivity index (χ1v) is 23.0. The second-order valence-corrected chi connectivity index (χ2v) is 16.3. The van der Waals surface area contributed by atoms with Gasteiger partial charge >= 0.3 is 26.1 Å². The van der Waals surface area contributed by atoms with Crippen LogP contribution in [-0.2, 0) is 48.5 Å². The molecule has 1 heterocycles. The Hall–Kier alpha value is -6.86. The zero-order valence-electron chi connectivity index (χ0n) is 40.1. The van der Waals surface area contributed by atoms with Gasteiger partial charge in [0.2, 0.25) is 12.3 Å². The number of ether oxygens (including phenoxy) is 3. The van der Waals surface area contributed by atoms with Crippen molar-refractivity contribution in [2.24, 2.45) is 5.92 Å². The zero-order valence-corrected chi connectivity index (χ0v) is 40.1. The number of hydroxylamine groups is 2. The van der Waals surface area contributed by atoms with Gasteiger partial charge in [-0.1, -0.05) is 96.2 Å². The van der Waals surface area contributed by atoms with E-state index in [-0.39, 0.29) is 49.1 Å². The van der Waals surface area contributed by atoms with E-state index in [4.69, 9.17) is 28.1 Å². The van der Waals surface area contributed by atoms with Crippen LogP contribution >= 0.6 is 0 Å². The molecule has 20 heteroatoms. The van der Waals surface area contributed by atoms with Crippen LogP contribution in [0, 0.1) is 5.92 Å². The molecule has 0 radical (unpaired) electrons. The Morgan fingerprint density at radius 2 is 1.50 bits per heavy atom. The second kappa shape index (κ2) is 29.0. The lowest BCUT2D eigenvalue weighted by atomic mass is 9.90. The maximum absolute atomic E-state index is 13.7. The van der Waals surface area contributed by atoms with Crippen LogP contribution < -0.4 is 26.0 Å². The number of nitrogens with one attached hydrogen (secondary N) is 4. The van der Waals surface area contributed by atoms with Gasteiger partial charge < -0.3 is 49.4 Å². The lowest BCUT2D eigenvalue weighted by Crippen LogP contribution is -2.51. The van der Waals surface area contributed by atoms with E-state index in [1.165, 1.54) is 30.3 Å². The Kier molecular flexibility index (Phi) is 23.7. The highest BCUT2D eigenvalue weighted by atomic mass is 16.7. The van der Waals surface area contributed by atoms with Crippen molar-refractivity contribution in [1.82, 2.24) is 26.3 Å². The summed E-state index contributed by atoms with van der Waals surface area (Å²) in [5.74, 6) is -5.19. The van der Waals surface area contributed by atoms with Crippen LogP contribution in [-0.4, -0.2) is 99.8 Å². The number of benzene rings is 2. The number of hydrogen-bond acceptors (Lipinski definition) is 14. The average molecular weight is 948 g/mol. The Morgan fingerprint density at radius 1 is 0.809 bits per heavy atom. The summed E-state index contributed by atoms with van der Waals surface area (Å²) in [4.78, 5) is 109. The molecule has 0 bridgehead atoms. The van der Waals surface area contributed by atoms with Crippen molar-refractivity contribution >= 4 is 56.2 Å². The molecule has 0 aliphatic heterocycles. The molecule has 3 aromatic rings. The van der Waals surface area contributed by atoms with Gasteiger partial charge in [0, 0.05) is 5.56 Å². The normalized spacial score (nSPS) is 12.3. The molecule has 1 aromatic heterocycles. The number of nitrogens with zero attached hydrogens (tertiary/aromatic N) is 1. The summed E-state index contributed by atoms with van der Waals surface area (Å²) in [5, 5.41) is 11.4. The van der Waals surface area contributed by atoms with Gasteiger partial charge in [-0.3, -0.25) is 24.0 Å². The van der Waals surface area contributed by atoms with Crippen molar-refractivity contribution in [1.29, 1.82) is 0 Å². The van der Waals surface area contributed by atoms with E-state index in [2.05, 4.69) is 21.3 Å². The first-order valence-electron chi connectivity index (χ1n) is 23.0. The summed E-state index contributed by atoms with van der Waals surface area (Å²) >= 11 is 0. The van der Waals surface area contributed by atoms with Gasteiger partial charge in [0.05, 0.1) is 49.4 Å². The van der Waals surface area contributed by atoms with Crippen LogP contribution in [0.4, 0.5) is 4.79 Å². The SMILES string of the molecule is BOC(=O)C[C@H](NC(=O)c1ccc(-c2ccc(C(=O)NCNC(=O)[C@H](CCCCC)[C@@H](CC)N(C=O)OC(=O)NC(C)(C)c3ccccc3)o2)cc1OCC(=O)OCCCC)C(=O)OCCCC. The largest absolute Gasteiger partial charge is 0.543 e. The minimum atomic E-state index is -1.40. The predicted octanol–water partition coefficient (Wildman–Crippen LogP) is 5.41. The quantitative estimate of drug-likeness (QED) is 0.0163. The van der Waals surface area contributed by atoms with Gasteiger partial charge in [0.15, 0.2) is 12.4 Å². The summed E-state index contributed by atoms with van der Waals surface area (Å²) in [6.45, 7) is 10.6. The lowest BCUT2D eigenvalue weighted by Gasteiger charge is -2.33.